The molecule has 2 fully saturated rings. The molecule has 2 aliphatic carbocycles. The number of Topliss-reactive ketones (excluding diaryl/α,β-unsaturated/α-hetero) is 1. The Kier molecular flexibility index (Phi) is 2.68. The van der Waals surface area contributed by atoms with Crippen LogP contribution in [0.15, 0.2) is 0 Å². The maximum atomic E-state index is 11.0. The average Bonchev–Trinajstić information content (AvgIpc) is 2.79. The van der Waals surface area contributed by atoms with Crippen LogP contribution >= 0.6 is 0 Å². The van der Waals surface area contributed by atoms with Crippen LogP contribution in [0.25, 0.3) is 0 Å². The molecular weight excluding hydrogens is 162 g/mol. The highest BCUT2D eigenvalue weighted by molar-refractivity contribution is 5.77. The second-order valence-corrected chi connectivity index (χ2v) is 4.78. The van der Waals surface area contributed by atoms with Gasteiger partial charge in [-0.25, -0.2) is 0 Å². The fraction of sp³-hybridized carbons (Fsp3) is 0.909. The Labute approximate surface area is 80.3 Å². The largest absolute Gasteiger partial charge is 0.299 e. The van der Waals surface area contributed by atoms with E-state index in [0.717, 1.165) is 11.8 Å². The molecule has 0 spiro atoms. The van der Waals surface area contributed by atoms with E-state index in [2.05, 4.69) is 4.90 Å². The smallest absolute Gasteiger partial charge is 0.143 e. The normalized spacial score (nSPS) is 22.3. The van der Waals surface area contributed by atoms with Gasteiger partial charge in [0.25, 0.3) is 0 Å². The predicted molar refractivity (Wildman–Crippen MR) is 52.6 cm³/mol. The zero-order valence-corrected chi connectivity index (χ0v) is 8.46. The monoisotopic (exact) mass is 181 g/mol. The summed E-state index contributed by atoms with van der Waals surface area (Å²) in [5.41, 5.74) is 0. The molecule has 0 N–H and O–H groups in total. The van der Waals surface area contributed by atoms with E-state index in [4.69, 9.17) is 0 Å². The van der Waals surface area contributed by atoms with Gasteiger partial charge < -0.3 is 0 Å². The van der Waals surface area contributed by atoms with Gasteiger partial charge in [0.2, 0.25) is 0 Å². The molecule has 13 heavy (non-hydrogen) atoms. The number of carbonyl (C=O) groups excluding carboxylic acids is 1. The highest BCUT2D eigenvalue weighted by Crippen LogP contribution is 2.33. The first-order valence-corrected chi connectivity index (χ1v) is 5.46. The van der Waals surface area contributed by atoms with Gasteiger partial charge in [-0.05, 0) is 44.4 Å². The zero-order chi connectivity index (χ0) is 9.26. The SMILES string of the molecule is CC(=O)CN(CC1CC1)CC1CC1. The number of hydrogen-bond acceptors (Lipinski definition) is 2. The van der Waals surface area contributed by atoms with Crippen molar-refractivity contribution in [2.24, 2.45) is 11.8 Å². The zero-order valence-electron chi connectivity index (χ0n) is 8.46. The second-order valence-electron chi connectivity index (χ2n) is 4.78. The Hall–Kier alpha value is -0.370. The third-order valence-corrected chi connectivity index (χ3v) is 2.87. The van der Waals surface area contributed by atoms with Gasteiger partial charge in [-0.2, -0.15) is 0 Å². The summed E-state index contributed by atoms with van der Waals surface area (Å²) >= 11 is 0. The van der Waals surface area contributed by atoms with Crippen LogP contribution in [-0.4, -0.2) is 30.3 Å². The van der Waals surface area contributed by atoms with Crippen LogP contribution in [0.2, 0.25) is 0 Å². The topological polar surface area (TPSA) is 20.3 Å². The Morgan fingerprint density at radius 3 is 1.92 bits per heavy atom. The van der Waals surface area contributed by atoms with Crippen molar-refractivity contribution in [3.05, 3.63) is 0 Å². The molecule has 0 aliphatic heterocycles. The Morgan fingerprint density at radius 2 is 1.62 bits per heavy atom. The summed E-state index contributed by atoms with van der Waals surface area (Å²) in [6, 6.07) is 0. The number of carbonyl (C=O) groups is 1. The van der Waals surface area contributed by atoms with Crippen LogP contribution in [0.1, 0.15) is 32.6 Å². The first-order chi connectivity index (χ1) is 6.24. The molecule has 2 heteroatoms. The van der Waals surface area contributed by atoms with Crippen molar-refractivity contribution in [1.29, 1.82) is 0 Å². The maximum absolute atomic E-state index is 11.0. The number of nitrogens with zero attached hydrogens (tertiary/aromatic N) is 1. The summed E-state index contributed by atoms with van der Waals surface area (Å²) in [6.45, 7) is 4.74. The predicted octanol–water partition coefficient (Wildman–Crippen LogP) is 1.70. The highest BCUT2D eigenvalue weighted by Gasteiger charge is 2.29. The van der Waals surface area contributed by atoms with Crippen LogP contribution in [-0.2, 0) is 4.79 Å². The maximum Gasteiger partial charge on any atom is 0.143 e. The molecule has 0 unspecified atom stereocenters. The molecule has 0 radical (unpaired) electrons. The van der Waals surface area contributed by atoms with Gasteiger partial charge in [0.1, 0.15) is 5.78 Å². The summed E-state index contributed by atoms with van der Waals surface area (Å²) in [5, 5.41) is 0. The van der Waals surface area contributed by atoms with Crippen molar-refractivity contribution < 1.29 is 4.79 Å². The summed E-state index contributed by atoms with van der Waals surface area (Å²) < 4.78 is 0. The van der Waals surface area contributed by atoms with E-state index in [1.807, 2.05) is 0 Å². The van der Waals surface area contributed by atoms with Crippen molar-refractivity contribution in [3.8, 4) is 0 Å². The molecule has 74 valence electrons. The van der Waals surface area contributed by atoms with Crippen LogP contribution in [0.5, 0.6) is 0 Å². The number of ketones is 1. The van der Waals surface area contributed by atoms with E-state index in [0.29, 0.717) is 12.3 Å². The minimum absolute atomic E-state index is 0.321. The van der Waals surface area contributed by atoms with Crippen molar-refractivity contribution in [2.75, 3.05) is 19.6 Å². The molecule has 0 aromatic carbocycles. The molecule has 0 bridgehead atoms. The fourth-order valence-electron chi connectivity index (χ4n) is 1.85. The Balaban J connectivity index is 1.73. The molecule has 0 aromatic heterocycles. The van der Waals surface area contributed by atoms with E-state index in [1.54, 1.807) is 6.92 Å². The van der Waals surface area contributed by atoms with E-state index < -0.39 is 0 Å². The molecule has 0 amide bonds. The second kappa shape index (κ2) is 3.79. The van der Waals surface area contributed by atoms with E-state index >= 15 is 0 Å². The first-order valence-electron chi connectivity index (χ1n) is 5.46. The lowest BCUT2D eigenvalue weighted by Crippen LogP contribution is -2.32. The lowest BCUT2D eigenvalue weighted by molar-refractivity contribution is -0.118. The number of rotatable bonds is 6. The average molecular weight is 181 g/mol. The van der Waals surface area contributed by atoms with Crippen LogP contribution < -0.4 is 0 Å². The van der Waals surface area contributed by atoms with Crippen LogP contribution in [0.3, 0.4) is 0 Å². The van der Waals surface area contributed by atoms with Gasteiger partial charge in [-0.1, -0.05) is 0 Å². The molecule has 0 aromatic rings. The molecule has 0 atom stereocenters. The molecule has 0 saturated heterocycles. The minimum Gasteiger partial charge on any atom is -0.299 e. The van der Waals surface area contributed by atoms with Crippen molar-refractivity contribution >= 4 is 5.78 Å². The van der Waals surface area contributed by atoms with E-state index in [9.17, 15) is 4.79 Å². The van der Waals surface area contributed by atoms with Gasteiger partial charge in [0.15, 0.2) is 0 Å². The lowest BCUT2D eigenvalue weighted by Gasteiger charge is -2.20. The molecule has 2 aliphatic rings. The summed E-state index contributed by atoms with van der Waals surface area (Å²) in [6.07, 6.45) is 5.55. The minimum atomic E-state index is 0.321. The lowest BCUT2D eigenvalue weighted by atomic mass is 10.3. The summed E-state index contributed by atoms with van der Waals surface area (Å²) in [5.74, 6) is 2.15. The Morgan fingerprint density at radius 1 is 1.15 bits per heavy atom. The van der Waals surface area contributed by atoms with E-state index in [-0.39, 0.29) is 0 Å². The van der Waals surface area contributed by atoms with Gasteiger partial charge in [0.05, 0.1) is 6.54 Å². The van der Waals surface area contributed by atoms with Crippen molar-refractivity contribution in [1.82, 2.24) is 4.90 Å². The van der Waals surface area contributed by atoms with Gasteiger partial charge in [0, 0.05) is 13.1 Å². The number of hydrogen-bond donors (Lipinski definition) is 0. The molecule has 2 saturated carbocycles. The van der Waals surface area contributed by atoms with Crippen LogP contribution in [0.4, 0.5) is 0 Å². The highest BCUT2D eigenvalue weighted by atomic mass is 16.1. The fourth-order valence-corrected chi connectivity index (χ4v) is 1.85. The van der Waals surface area contributed by atoms with Gasteiger partial charge >= 0.3 is 0 Å². The first kappa shape index (κ1) is 9.20. The molecule has 0 heterocycles. The molecule has 2 nitrogen and oxygen atoms in total. The summed E-state index contributed by atoms with van der Waals surface area (Å²) in [7, 11) is 0. The van der Waals surface area contributed by atoms with Gasteiger partial charge in [-0.15, -0.1) is 0 Å². The van der Waals surface area contributed by atoms with Crippen molar-refractivity contribution in [2.45, 2.75) is 32.6 Å². The molecule has 2 rings (SSSR count). The van der Waals surface area contributed by atoms with Crippen LogP contribution in [0, 0.1) is 11.8 Å². The van der Waals surface area contributed by atoms with Gasteiger partial charge in [-0.3, -0.25) is 9.69 Å². The Bertz CT molecular complexity index is 180. The van der Waals surface area contributed by atoms with E-state index in [1.165, 1.54) is 38.8 Å². The molecular formula is C11H19NO. The standard InChI is InChI=1S/C11H19NO/c1-9(13)6-12(7-10-2-3-10)8-11-4-5-11/h10-11H,2-8H2,1H3. The summed E-state index contributed by atoms with van der Waals surface area (Å²) in [4.78, 5) is 13.4. The third kappa shape index (κ3) is 3.47. The third-order valence-electron chi connectivity index (χ3n) is 2.87. The van der Waals surface area contributed by atoms with Crippen molar-refractivity contribution in [3.63, 3.8) is 0 Å². The quantitative estimate of drug-likeness (QED) is 0.621.